The van der Waals surface area contributed by atoms with Gasteiger partial charge < -0.3 is 15.7 Å². The van der Waals surface area contributed by atoms with Crippen LogP contribution in [0.2, 0.25) is 0 Å². The second kappa shape index (κ2) is 8.04. The van der Waals surface area contributed by atoms with Crippen LogP contribution in [0.5, 0.6) is 0 Å². The molecule has 1 saturated heterocycles. The number of carbonyl (C=O) groups is 1. The summed E-state index contributed by atoms with van der Waals surface area (Å²) in [6.07, 6.45) is 3.45. The van der Waals surface area contributed by atoms with Crippen molar-refractivity contribution >= 4 is 5.91 Å². The normalized spacial score (nSPS) is 16.5. The zero-order valence-corrected chi connectivity index (χ0v) is 13.6. The highest BCUT2D eigenvalue weighted by Crippen LogP contribution is 2.23. The van der Waals surface area contributed by atoms with Crippen LogP contribution >= 0.6 is 0 Å². The minimum Gasteiger partial charge on any atom is -0.392 e. The zero-order valence-electron chi connectivity index (χ0n) is 13.6. The summed E-state index contributed by atoms with van der Waals surface area (Å²) in [7, 11) is 0. The summed E-state index contributed by atoms with van der Waals surface area (Å²) in [6.45, 7) is 1.74. The Bertz CT molecular complexity index is 669. The van der Waals surface area contributed by atoms with Crippen LogP contribution in [-0.4, -0.2) is 29.1 Å². The first-order valence-electron chi connectivity index (χ1n) is 8.39. The molecule has 2 aromatic rings. The number of piperidine rings is 1. The van der Waals surface area contributed by atoms with Crippen LogP contribution in [0, 0.1) is 5.92 Å². The van der Waals surface area contributed by atoms with Gasteiger partial charge in [-0.2, -0.15) is 0 Å². The Morgan fingerprint density at radius 1 is 1.25 bits per heavy atom. The summed E-state index contributed by atoms with van der Waals surface area (Å²) in [6, 6.07) is 13.0. The van der Waals surface area contributed by atoms with E-state index in [9.17, 15) is 9.90 Å². The molecule has 1 aliphatic heterocycles. The maximum atomic E-state index is 12.7. The number of nitrogens with zero attached hydrogens (tertiary/aromatic N) is 1. The average Bonchev–Trinajstić information content (AvgIpc) is 2.67. The molecule has 1 fully saturated rings. The van der Waals surface area contributed by atoms with E-state index >= 15 is 0 Å². The molecule has 2 heterocycles. The van der Waals surface area contributed by atoms with Gasteiger partial charge in [0.1, 0.15) is 0 Å². The highest BCUT2D eigenvalue weighted by atomic mass is 16.3. The molecule has 1 aromatic heterocycles. The van der Waals surface area contributed by atoms with Gasteiger partial charge in [0.25, 0.3) is 0 Å². The molecule has 1 aliphatic rings. The highest BCUT2D eigenvalue weighted by Gasteiger charge is 2.25. The minimum absolute atomic E-state index is 0.0228. The number of amides is 1. The molecule has 1 atom stereocenters. The number of aliphatic hydroxyl groups is 1. The molecular formula is C19H23N3O2. The summed E-state index contributed by atoms with van der Waals surface area (Å²) in [5.74, 6) is 0.111. The first kappa shape index (κ1) is 16.6. The maximum absolute atomic E-state index is 12.7. The molecule has 1 amide bonds. The number of hydrogen-bond donors (Lipinski definition) is 3. The molecular weight excluding hydrogens is 302 g/mol. The standard InChI is InChI=1S/C19H23N3O2/c23-13-14-4-3-5-16(12-14)18(17-6-1-2-9-21-17)22-19(24)15-7-10-20-11-8-15/h1-6,9,12,15,18,20,23H,7-8,10-11,13H2,(H,22,24). The van der Waals surface area contributed by atoms with Gasteiger partial charge in [-0.3, -0.25) is 9.78 Å². The van der Waals surface area contributed by atoms with Gasteiger partial charge in [0.2, 0.25) is 5.91 Å². The van der Waals surface area contributed by atoms with Gasteiger partial charge in [-0.15, -0.1) is 0 Å². The predicted molar refractivity (Wildman–Crippen MR) is 92.2 cm³/mol. The fraction of sp³-hybridized carbons (Fsp3) is 0.368. The Morgan fingerprint density at radius 2 is 2.08 bits per heavy atom. The molecule has 1 unspecified atom stereocenters. The smallest absolute Gasteiger partial charge is 0.224 e. The molecule has 0 spiro atoms. The van der Waals surface area contributed by atoms with Crippen molar-refractivity contribution in [2.24, 2.45) is 5.92 Å². The van der Waals surface area contributed by atoms with Gasteiger partial charge in [-0.1, -0.05) is 30.3 Å². The number of hydrogen-bond acceptors (Lipinski definition) is 4. The lowest BCUT2D eigenvalue weighted by molar-refractivity contribution is -0.126. The van der Waals surface area contributed by atoms with Crippen LogP contribution in [0.25, 0.3) is 0 Å². The lowest BCUT2D eigenvalue weighted by Crippen LogP contribution is -2.40. The van der Waals surface area contributed by atoms with Gasteiger partial charge in [0, 0.05) is 12.1 Å². The molecule has 3 rings (SSSR count). The molecule has 24 heavy (non-hydrogen) atoms. The number of aromatic nitrogens is 1. The molecule has 0 bridgehead atoms. The number of nitrogens with one attached hydrogen (secondary N) is 2. The predicted octanol–water partition coefficient (Wildman–Crippen LogP) is 1.78. The van der Waals surface area contributed by atoms with E-state index in [4.69, 9.17) is 0 Å². The number of rotatable bonds is 5. The third-order valence-electron chi connectivity index (χ3n) is 4.45. The maximum Gasteiger partial charge on any atom is 0.224 e. The van der Waals surface area contributed by atoms with Crippen LogP contribution < -0.4 is 10.6 Å². The summed E-state index contributed by atoms with van der Waals surface area (Å²) < 4.78 is 0. The van der Waals surface area contributed by atoms with Crippen LogP contribution in [0.4, 0.5) is 0 Å². The minimum atomic E-state index is -0.305. The van der Waals surface area contributed by atoms with E-state index in [1.54, 1.807) is 6.20 Å². The van der Waals surface area contributed by atoms with E-state index in [0.717, 1.165) is 42.8 Å². The highest BCUT2D eigenvalue weighted by molar-refractivity contribution is 5.79. The first-order valence-corrected chi connectivity index (χ1v) is 8.39. The van der Waals surface area contributed by atoms with E-state index in [2.05, 4.69) is 15.6 Å². The van der Waals surface area contributed by atoms with E-state index in [1.165, 1.54) is 0 Å². The lowest BCUT2D eigenvalue weighted by atomic mass is 9.95. The third-order valence-corrected chi connectivity index (χ3v) is 4.45. The van der Waals surface area contributed by atoms with Crippen LogP contribution in [0.15, 0.2) is 48.7 Å². The molecule has 1 aromatic carbocycles. The average molecular weight is 325 g/mol. The summed E-state index contributed by atoms with van der Waals surface area (Å²) in [5, 5.41) is 15.8. The molecule has 126 valence electrons. The van der Waals surface area contributed by atoms with Crippen molar-refractivity contribution in [3.05, 3.63) is 65.5 Å². The fourth-order valence-corrected chi connectivity index (χ4v) is 3.09. The molecule has 0 aliphatic carbocycles. The summed E-state index contributed by atoms with van der Waals surface area (Å²) >= 11 is 0. The van der Waals surface area contributed by atoms with Gasteiger partial charge >= 0.3 is 0 Å². The molecule has 3 N–H and O–H groups in total. The summed E-state index contributed by atoms with van der Waals surface area (Å²) in [4.78, 5) is 17.1. The van der Waals surface area contributed by atoms with Gasteiger partial charge in [-0.25, -0.2) is 0 Å². The zero-order chi connectivity index (χ0) is 16.8. The first-order chi connectivity index (χ1) is 11.8. The molecule has 0 saturated carbocycles. The quantitative estimate of drug-likeness (QED) is 0.783. The molecule has 5 heteroatoms. The lowest BCUT2D eigenvalue weighted by Gasteiger charge is -2.25. The van der Waals surface area contributed by atoms with E-state index in [1.807, 2.05) is 42.5 Å². The van der Waals surface area contributed by atoms with Crippen LogP contribution in [-0.2, 0) is 11.4 Å². The van der Waals surface area contributed by atoms with Crippen molar-refractivity contribution in [1.82, 2.24) is 15.6 Å². The van der Waals surface area contributed by atoms with E-state index in [-0.39, 0.29) is 24.5 Å². The Balaban J connectivity index is 1.86. The van der Waals surface area contributed by atoms with Crippen molar-refractivity contribution in [2.45, 2.75) is 25.5 Å². The van der Waals surface area contributed by atoms with Gasteiger partial charge in [0.05, 0.1) is 18.3 Å². The largest absolute Gasteiger partial charge is 0.392 e. The van der Waals surface area contributed by atoms with Gasteiger partial charge in [0.15, 0.2) is 0 Å². The SMILES string of the molecule is O=C(NC(c1cccc(CO)c1)c1ccccn1)C1CCNCC1. The Morgan fingerprint density at radius 3 is 2.79 bits per heavy atom. The van der Waals surface area contributed by atoms with Crippen molar-refractivity contribution in [1.29, 1.82) is 0 Å². The Hall–Kier alpha value is -2.24. The van der Waals surface area contributed by atoms with Gasteiger partial charge in [-0.05, 0) is 49.2 Å². The fourth-order valence-electron chi connectivity index (χ4n) is 3.09. The number of benzene rings is 1. The monoisotopic (exact) mass is 325 g/mol. The summed E-state index contributed by atoms with van der Waals surface area (Å²) in [5.41, 5.74) is 2.56. The molecule has 0 radical (unpaired) electrons. The van der Waals surface area contributed by atoms with Crippen LogP contribution in [0.3, 0.4) is 0 Å². The molecule has 5 nitrogen and oxygen atoms in total. The number of pyridine rings is 1. The van der Waals surface area contributed by atoms with Crippen molar-refractivity contribution in [3.8, 4) is 0 Å². The second-order valence-electron chi connectivity index (χ2n) is 6.12. The topological polar surface area (TPSA) is 74.2 Å². The number of carbonyl (C=O) groups excluding carboxylic acids is 1. The van der Waals surface area contributed by atoms with Crippen molar-refractivity contribution in [3.63, 3.8) is 0 Å². The van der Waals surface area contributed by atoms with E-state index < -0.39 is 0 Å². The Kier molecular flexibility index (Phi) is 5.56. The van der Waals surface area contributed by atoms with Crippen molar-refractivity contribution < 1.29 is 9.90 Å². The van der Waals surface area contributed by atoms with E-state index in [0.29, 0.717) is 0 Å². The second-order valence-corrected chi connectivity index (χ2v) is 6.12. The third kappa shape index (κ3) is 3.99. The van der Waals surface area contributed by atoms with Crippen molar-refractivity contribution in [2.75, 3.05) is 13.1 Å². The van der Waals surface area contributed by atoms with Crippen LogP contribution in [0.1, 0.15) is 35.7 Å². The Labute approximate surface area is 142 Å². The number of aliphatic hydroxyl groups excluding tert-OH is 1.